The van der Waals surface area contributed by atoms with Crippen LogP contribution in [0.2, 0.25) is 0 Å². The van der Waals surface area contributed by atoms with E-state index in [4.69, 9.17) is 14.2 Å². The highest BCUT2D eigenvalue weighted by Gasteiger charge is 2.14. The van der Waals surface area contributed by atoms with Crippen molar-refractivity contribution in [1.82, 2.24) is 10.6 Å². The Morgan fingerprint density at radius 1 is 1.20 bits per heavy atom. The molecular formula is C19H39N3O3. The predicted octanol–water partition coefficient (Wildman–Crippen LogP) is 2.44. The lowest BCUT2D eigenvalue weighted by Crippen LogP contribution is -2.39. The predicted molar refractivity (Wildman–Crippen MR) is 103 cm³/mol. The monoisotopic (exact) mass is 357 g/mol. The fourth-order valence-corrected chi connectivity index (χ4v) is 2.92. The van der Waals surface area contributed by atoms with Crippen molar-refractivity contribution in [3.05, 3.63) is 0 Å². The molecule has 0 spiro atoms. The molecule has 0 saturated carbocycles. The van der Waals surface area contributed by atoms with Crippen molar-refractivity contribution in [1.29, 1.82) is 0 Å². The summed E-state index contributed by atoms with van der Waals surface area (Å²) in [6.07, 6.45) is 4.54. The summed E-state index contributed by atoms with van der Waals surface area (Å²) in [5.74, 6) is 2.06. The first-order valence-electron chi connectivity index (χ1n) is 9.89. The van der Waals surface area contributed by atoms with E-state index in [1.165, 1.54) is 0 Å². The van der Waals surface area contributed by atoms with E-state index in [1.54, 1.807) is 7.05 Å². The lowest BCUT2D eigenvalue weighted by Gasteiger charge is -2.22. The molecule has 0 aromatic carbocycles. The molecule has 25 heavy (non-hydrogen) atoms. The summed E-state index contributed by atoms with van der Waals surface area (Å²) in [5.41, 5.74) is 0. The van der Waals surface area contributed by atoms with Gasteiger partial charge in [0.1, 0.15) is 0 Å². The van der Waals surface area contributed by atoms with Crippen LogP contribution in [0.3, 0.4) is 0 Å². The van der Waals surface area contributed by atoms with E-state index >= 15 is 0 Å². The molecule has 1 atom stereocenters. The highest BCUT2D eigenvalue weighted by Crippen LogP contribution is 2.14. The topological polar surface area (TPSA) is 64.1 Å². The first kappa shape index (κ1) is 22.2. The number of rotatable bonds is 12. The Morgan fingerprint density at radius 2 is 1.92 bits per heavy atom. The van der Waals surface area contributed by atoms with Crippen LogP contribution in [-0.2, 0) is 14.2 Å². The third-order valence-electron chi connectivity index (χ3n) is 4.52. The van der Waals surface area contributed by atoms with Gasteiger partial charge in [0.2, 0.25) is 0 Å². The van der Waals surface area contributed by atoms with Crippen LogP contribution in [-0.4, -0.2) is 65.2 Å². The van der Waals surface area contributed by atoms with Crippen molar-refractivity contribution >= 4 is 5.96 Å². The van der Waals surface area contributed by atoms with Crippen LogP contribution in [0.5, 0.6) is 0 Å². The van der Waals surface area contributed by atoms with Gasteiger partial charge in [-0.1, -0.05) is 13.8 Å². The minimum Gasteiger partial charge on any atom is -0.381 e. The van der Waals surface area contributed by atoms with Gasteiger partial charge in [0.25, 0.3) is 0 Å². The quantitative estimate of drug-likeness (QED) is 0.319. The Morgan fingerprint density at radius 3 is 2.56 bits per heavy atom. The van der Waals surface area contributed by atoms with Crippen molar-refractivity contribution in [3.8, 4) is 0 Å². The maximum atomic E-state index is 5.78. The van der Waals surface area contributed by atoms with Gasteiger partial charge in [-0.3, -0.25) is 4.99 Å². The van der Waals surface area contributed by atoms with Crippen LogP contribution < -0.4 is 10.6 Å². The van der Waals surface area contributed by atoms with Gasteiger partial charge in [0.15, 0.2) is 5.96 Å². The normalized spacial score (nSPS) is 17.7. The summed E-state index contributed by atoms with van der Waals surface area (Å²) in [5, 5.41) is 6.70. The van der Waals surface area contributed by atoms with Gasteiger partial charge in [-0.15, -0.1) is 0 Å². The Bertz CT molecular complexity index is 345. The largest absolute Gasteiger partial charge is 0.381 e. The van der Waals surface area contributed by atoms with E-state index < -0.39 is 0 Å². The molecule has 0 aromatic rings. The fourth-order valence-electron chi connectivity index (χ4n) is 2.92. The first-order chi connectivity index (χ1) is 12.2. The molecule has 1 aliphatic rings. The second-order valence-electron chi connectivity index (χ2n) is 6.94. The zero-order valence-corrected chi connectivity index (χ0v) is 16.7. The third-order valence-corrected chi connectivity index (χ3v) is 4.52. The number of aliphatic imine (C=N–C) groups is 1. The average molecular weight is 358 g/mol. The van der Waals surface area contributed by atoms with Crippen LogP contribution in [0.1, 0.15) is 46.5 Å². The van der Waals surface area contributed by atoms with Crippen LogP contribution in [0, 0.1) is 11.8 Å². The molecule has 1 rings (SSSR count). The maximum absolute atomic E-state index is 5.78. The van der Waals surface area contributed by atoms with E-state index in [2.05, 4.69) is 29.5 Å². The molecule has 0 radical (unpaired) electrons. The molecule has 0 aliphatic carbocycles. The zero-order chi connectivity index (χ0) is 18.3. The summed E-state index contributed by atoms with van der Waals surface area (Å²) < 4.78 is 16.9. The molecule has 1 saturated heterocycles. The van der Waals surface area contributed by atoms with Gasteiger partial charge < -0.3 is 24.8 Å². The zero-order valence-electron chi connectivity index (χ0n) is 16.7. The SMILES string of the molecule is CCOC(CCNC(=NC)NCCCOCC1CCOCC1)C(C)C. The van der Waals surface area contributed by atoms with Gasteiger partial charge in [-0.25, -0.2) is 0 Å². The molecule has 6 heteroatoms. The molecule has 0 aromatic heterocycles. The molecule has 1 aliphatic heterocycles. The van der Waals surface area contributed by atoms with Crippen LogP contribution in [0.25, 0.3) is 0 Å². The Labute approximate surface area is 154 Å². The van der Waals surface area contributed by atoms with Crippen molar-refractivity contribution in [2.24, 2.45) is 16.8 Å². The highest BCUT2D eigenvalue weighted by atomic mass is 16.5. The van der Waals surface area contributed by atoms with Gasteiger partial charge in [0.05, 0.1) is 6.10 Å². The molecule has 0 amide bonds. The molecule has 0 bridgehead atoms. The van der Waals surface area contributed by atoms with Crippen molar-refractivity contribution in [2.45, 2.75) is 52.6 Å². The second kappa shape index (κ2) is 14.3. The van der Waals surface area contributed by atoms with Crippen LogP contribution in [0.4, 0.5) is 0 Å². The average Bonchev–Trinajstić information content (AvgIpc) is 2.62. The number of ether oxygens (including phenoxy) is 3. The first-order valence-corrected chi connectivity index (χ1v) is 9.89. The molecular weight excluding hydrogens is 318 g/mol. The summed E-state index contributed by atoms with van der Waals surface area (Å²) in [4.78, 5) is 4.27. The molecule has 148 valence electrons. The van der Waals surface area contributed by atoms with Gasteiger partial charge in [-0.05, 0) is 44.4 Å². The van der Waals surface area contributed by atoms with Crippen molar-refractivity contribution in [3.63, 3.8) is 0 Å². The number of nitrogens with zero attached hydrogens (tertiary/aromatic N) is 1. The van der Waals surface area contributed by atoms with Crippen molar-refractivity contribution < 1.29 is 14.2 Å². The lowest BCUT2D eigenvalue weighted by atomic mass is 10.0. The van der Waals surface area contributed by atoms with E-state index in [1.807, 2.05) is 6.92 Å². The van der Waals surface area contributed by atoms with Crippen LogP contribution >= 0.6 is 0 Å². The van der Waals surface area contributed by atoms with E-state index in [0.717, 1.165) is 77.8 Å². The standard InChI is InChI=1S/C19H39N3O3/c1-5-25-18(16(2)3)7-11-22-19(20-4)21-10-6-12-24-15-17-8-13-23-14-9-17/h16-18H,5-15H2,1-4H3,(H2,20,21,22). The molecule has 6 nitrogen and oxygen atoms in total. The number of hydrogen-bond donors (Lipinski definition) is 2. The molecule has 1 heterocycles. The summed E-state index contributed by atoms with van der Waals surface area (Å²) >= 11 is 0. The van der Waals surface area contributed by atoms with Gasteiger partial charge in [0, 0.05) is 53.2 Å². The van der Waals surface area contributed by atoms with E-state index in [9.17, 15) is 0 Å². The minimum absolute atomic E-state index is 0.300. The maximum Gasteiger partial charge on any atom is 0.190 e. The number of hydrogen-bond acceptors (Lipinski definition) is 4. The second-order valence-corrected chi connectivity index (χ2v) is 6.94. The Kier molecular flexibility index (Phi) is 12.7. The minimum atomic E-state index is 0.300. The fraction of sp³-hybridized carbons (Fsp3) is 0.947. The summed E-state index contributed by atoms with van der Waals surface area (Å²) in [6.45, 7) is 12.4. The van der Waals surface area contributed by atoms with Crippen molar-refractivity contribution in [2.75, 3.05) is 53.2 Å². The molecule has 2 N–H and O–H groups in total. The molecule has 1 unspecified atom stereocenters. The number of guanidine groups is 1. The van der Waals surface area contributed by atoms with Crippen LogP contribution in [0.15, 0.2) is 4.99 Å². The van der Waals surface area contributed by atoms with E-state index in [0.29, 0.717) is 17.9 Å². The highest BCUT2D eigenvalue weighted by molar-refractivity contribution is 5.79. The van der Waals surface area contributed by atoms with E-state index in [-0.39, 0.29) is 0 Å². The summed E-state index contributed by atoms with van der Waals surface area (Å²) in [7, 11) is 1.81. The van der Waals surface area contributed by atoms with Gasteiger partial charge in [-0.2, -0.15) is 0 Å². The lowest BCUT2D eigenvalue weighted by molar-refractivity contribution is 0.0203. The Balaban J connectivity index is 2.03. The third kappa shape index (κ3) is 10.7. The summed E-state index contributed by atoms with van der Waals surface area (Å²) in [6, 6.07) is 0. The van der Waals surface area contributed by atoms with Gasteiger partial charge >= 0.3 is 0 Å². The number of nitrogens with one attached hydrogen (secondary N) is 2. The Hall–Kier alpha value is -0.850. The molecule has 1 fully saturated rings. The smallest absolute Gasteiger partial charge is 0.190 e.